The van der Waals surface area contributed by atoms with Gasteiger partial charge in [-0.25, -0.2) is 4.98 Å². The maximum Gasteiger partial charge on any atom is 0.227 e. The average Bonchev–Trinajstić information content (AvgIpc) is 3.26. The van der Waals surface area contributed by atoms with Crippen LogP contribution < -0.4 is 15.1 Å². The van der Waals surface area contributed by atoms with E-state index in [0.29, 0.717) is 6.04 Å². The SMILES string of the molecule is CCc1cc(N2CCC(NCc3ccon3)CC2)nc(N2CCOCC2)n1. The number of hydrogen-bond donors (Lipinski definition) is 1. The molecule has 146 valence electrons. The van der Waals surface area contributed by atoms with Crippen LogP contribution in [0.4, 0.5) is 11.8 Å². The maximum absolute atomic E-state index is 5.46. The van der Waals surface area contributed by atoms with Crippen LogP contribution in [-0.4, -0.2) is 60.6 Å². The second-order valence-electron chi connectivity index (χ2n) is 7.10. The molecule has 8 heteroatoms. The number of hydrogen-bond acceptors (Lipinski definition) is 8. The number of rotatable bonds is 6. The molecule has 0 unspecified atom stereocenters. The smallest absolute Gasteiger partial charge is 0.227 e. The minimum absolute atomic E-state index is 0.504. The van der Waals surface area contributed by atoms with E-state index < -0.39 is 0 Å². The second kappa shape index (κ2) is 8.67. The quantitative estimate of drug-likeness (QED) is 0.820. The molecule has 2 saturated heterocycles. The molecule has 8 nitrogen and oxygen atoms in total. The highest BCUT2D eigenvalue weighted by atomic mass is 16.5. The molecule has 0 spiro atoms. The van der Waals surface area contributed by atoms with Gasteiger partial charge in [-0.2, -0.15) is 4.98 Å². The Kier molecular flexibility index (Phi) is 5.84. The van der Waals surface area contributed by atoms with Crippen molar-refractivity contribution in [3.63, 3.8) is 0 Å². The lowest BCUT2D eigenvalue weighted by atomic mass is 10.0. The first-order valence-corrected chi connectivity index (χ1v) is 9.90. The van der Waals surface area contributed by atoms with Gasteiger partial charge in [-0.3, -0.25) is 0 Å². The summed E-state index contributed by atoms with van der Waals surface area (Å²) in [6, 6.07) is 4.55. The van der Waals surface area contributed by atoms with Crippen molar-refractivity contribution in [3.05, 3.63) is 29.8 Å². The van der Waals surface area contributed by atoms with Crippen LogP contribution in [0.15, 0.2) is 22.9 Å². The fourth-order valence-electron chi connectivity index (χ4n) is 3.61. The number of nitrogens with zero attached hydrogens (tertiary/aromatic N) is 5. The number of aromatic nitrogens is 3. The van der Waals surface area contributed by atoms with Crippen LogP contribution in [0.25, 0.3) is 0 Å². The molecule has 0 bridgehead atoms. The molecule has 0 saturated carbocycles. The van der Waals surface area contributed by atoms with Crippen LogP contribution in [0, 0.1) is 0 Å². The summed E-state index contributed by atoms with van der Waals surface area (Å²) >= 11 is 0. The fraction of sp³-hybridized carbons (Fsp3) is 0.632. The number of morpholine rings is 1. The maximum atomic E-state index is 5.46. The molecule has 0 aliphatic carbocycles. The van der Waals surface area contributed by atoms with Crippen molar-refractivity contribution in [2.75, 3.05) is 49.2 Å². The molecular weight excluding hydrogens is 344 g/mol. The summed E-state index contributed by atoms with van der Waals surface area (Å²) < 4.78 is 10.3. The van der Waals surface area contributed by atoms with Gasteiger partial charge in [-0.05, 0) is 19.3 Å². The molecule has 27 heavy (non-hydrogen) atoms. The Hall–Kier alpha value is -2.19. The van der Waals surface area contributed by atoms with E-state index in [2.05, 4.69) is 33.3 Å². The van der Waals surface area contributed by atoms with E-state index >= 15 is 0 Å². The van der Waals surface area contributed by atoms with E-state index in [-0.39, 0.29) is 0 Å². The summed E-state index contributed by atoms with van der Waals surface area (Å²) in [4.78, 5) is 14.3. The van der Waals surface area contributed by atoms with Crippen LogP contribution in [0.5, 0.6) is 0 Å². The van der Waals surface area contributed by atoms with Crippen LogP contribution in [-0.2, 0) is 17.7 Å². The van der Waals surface area contributed by atoms with Crippen LogP contribution in [0.1, 0.15) is 31.2 Å². The summed E-state index contributed by atoms with van der Waals surface area (Å²) in [6.45, 7) is 8.13. The third-order valence-electron chi connectivity index (χ3n) is 5.29. The predicted molar refractivity (Wildman–Crippen MR) is 103 cm³/mol. The first-order valence-electron chi connectivity index (χ1n) is 9.90. The summed E-state index contributed by atoms with van der Waals surface area (Å²) in [6.07, 6.45) is 4.72. The molecule has 2 aliphatic rings. The lowest BCUT2D eigenvalue weighted by Gasteiger charge is -2.34. The highest BCUT2D eigenvalue weighted by molar-refractivity contribution is 5.46. The summed E-state index contributed by atoms with van der Waals surface area (Å²) in [5, 5.41) is 7.54. The van der Waals surface area contributed by atoms with Gasteiger partial charge in [0.25, 0.3) is 0 Å². The Morgan fingerprint density at radius 1 is 1.07 bits per heavy atom. The molecule has 0 amide bonds. The van der Waals surface area contributed by atoms with E-state index in [1.165, 1.54) is 0 Å². The van der Waals surface area contributed by atoms with Crippen LogP contribution in [0.3, 0.4) is 0 Å². The van der Waals surface area contributed by atoms with Gasteiger partial charge < -0.3 is 24.4 Å². The highest BCUT2D eigenvalue weighted by Crippen LogP contribution is 2.22. The van der Waals surface area contributed by atoms with Crippen molar-refractivity contribution >= 4 is 11.8 Å². The minimum atomic E-state index is 0.504. The zero-order valence-electron chi connectivity index (χ0n) is 15.9. The van der Waals surface area contributed by atoms with Crippen molar-refractivity contribution in [1.29, 1.82) is 0 Å². The summed E-state index contributed by atoms with van der Waals surface area (Å²) in [5.41, 5.74) is 2.06. The van der Waals surface area contributed by atoms with E-state index in [1.807, 2.05) is 6.07 Å². The van der Waals surface area contributed by atoms with Crippen LogP contribution >= 0.6 is 0 Å². The van der Waals surface area contributed by atoms with Crippen molar-refractivity contribution in [3.8, 4) is 0 Å². The molecule has 0 aromatic carbocycles. The number of anilines is 2. The molecule has 2 fully saturated rings. The summed E-state index contributed by atoms with van der Waals surface area (Å²) in [7, 11) is 0. The average molecular weight is 372 g/mol. The largest absolute Gasteiger partial charge is 0.378 e. The molecule has 1 N–H and O–H groups in total. The molecular formula is C19H28N6O2. The zero-order valence-corrected chi connectivity index (χ0v) is 15.9. The number of nitrogens with one attached hydrogen (secondary N) is 1. The van der Waals surface area contributed by atoms with Crippen LogP contribution in [0.2, 0.25) is 0 Å². The third-order valence-corrected chi connectivity index (χ3v) is 5.29. The number of ether oxygens (including phenoxy) is 1. The van der Waals surface area contributed by atoms with Gasteiger partial charge in [-0.15, -0.1) is 0 Å². The van der Waals surface area contributed by atoms with Gasteiger partial charge in [-0.1, -0.05) is 12.1 Å². The van der Waals surface area contributed by atoms with Gasteiger partial charge in [0.05, 0.1) is 18.9 Å². The first kappa shape index (κ1) is 18.2. The Morgan fingerprint density at radius 2 is 1.89 bits per heavy atom. The predicted octanol–water partition coefficient (Wildman–Crippen LogP) is 1.62. The Bertz CT molecular complexity index is 709. The molecule has 2 aromatic rings. The number of aryl methyl sites for hydroxylation is 1. The first-order chi connectivity index (χ1) is 13.3. The van der Waals surface area contributed by atoms with E-state index in [9.17, 15) is 0 Å². The lowest BCUT2D eigenvalue weighted by molar-refractivity contribution is 0.122. The third kappa shape index (κ3) is 4.56. The van der Waals surface area contributed by atoms with Gasteiger partial charge in [0.1, 0.15) is 12.1 Å². The Labute approximate surface area is 159 Å². The molecule has 0 atom stereocenters. The Morgan fingerprint density at radius 3 is 2.59 bits per heavy atom. The molecule has 4 rings (SSSR count). The lowest BCUT2D eigenvalue weighted by Crippen LogP contribution is -2.43. The normalized spacial score (nSPS) is 18.9. The van der Waals surface area contributed by atoms with Crippen molar-refractivity contribution < 1.29 is 9.26 Å². The van der Waals surface area contributed by atoms with E-state index in [1.54, 1.807) is 6.26 Å². The molecule has 2 aromatic heterocycles. The van der Waals surface area contributed by atoms with E-state index in [4.69, 9.17) is 19.2 Å². The van der Waals surface area contributed by atoms with Crippen molar-refractivity contribution in [1.82, 2.24) is 20.4 Å². The second-order valence-corrected chi connectivity index (χ2v) is 7.10. The monoisotopic (exact) mass is 372 g/mol. The minimum Gasteiger partial charge on any atom is -0.378 e. The van der Waals surface area contributed by atoms with Gasteiger partial charge in [0.15, 0.2) is 0 Å². The Balaban J connectivity index is 1.38. The number of piperidine rings is 1. The highest BCUT2D eigenvalue weighted by Gasteiger charge is 2.22. The molecule has 0 radical (unpaired) electrons. The summed E-state index contributed by atoms with van der Waals surface area (Å²) in [5.74, 6) is 1.90. The van der Waals surface area contributed by atoms with Crippen molar-refractivity contribution in [2.45, 2.75) is 38.8 Å². The molecule has 4 heterocycles. The van der Waals surface area contributed by atoms with Gasteiger partial charge >= 0.3 is 0 Å². The van der Waals surface area contributed by atoms with E-state index in [0.717, 1.165) is 88.4 Å². The zero-order chi connectivity index (χ0) is 18.5. The van der Waals surface area contributed by atoms with Crippen molar-refractivity contribution in [2.24, 2.45) is 0 Å². The van der Waals surface area contributed by atoms with Gasteiger partial charge in [0, 0.05) is 56.6 Å². The van der Waals surface area contributed by atoms with Gasteiger partial charge in [0.2, 0.25) is 5.95 Å². The topological polar surface area (TPSA) is 79.5 Å². The molecule has 2 aliphatic heterocycles. The fourth-order valence-corrected chi connectivity index (χ4v) is 3.61. The standard InChI is InChI=1S/C19H28N6O2/c1-2-15-13-18(22-19(21-15)25-8-11-26-12-9-25)24-6-3-16(4-7-24)20-14-17-5-10-27-23-17/h5,10,13,16,20H,2-4,6-9,11-12,14H2,1H3.